The minimum absolute atomic E-state index is 0.0160. The van der Waals surface area contributed by atoms with Gasteiger partial charge in [-0.25, -0.2) is 9.18 Å². The smallest absolute Gasteiger partial charge is 0.410 e. The molecule has 0 aliphatic carbocycles. The van der Waals surface area contributed by atoms with Gasteiger partial charge in [-0.3, -0.25) is 5.10 Å². The number of H-pyrrole nitrogens is 1. The summed E-state index contributed by atoms with van der Waals surface area (Å²) in [7, 11) is 0. The van der Waals surface area contributed by atoms with Crippen molar-refractivity contribution in [3.8, 4) is 5.88 Å². The van der Waals surface area contributed by atoms with Gasteiger partial charge < -0.3 is 14.4 Å². The SMILES string of the molecule is Cc1n[nH]c2nc(Cl)nc(OC3CCN(C(=O)OC(C)(C)C)C[C@H]3F)c12. The molecule has 8 nitrogen and oxygen atoms in total. The zero-order valence-corrected chi connectivity index (χ0v) is 15.8. The minimum atomic E-state index is -1.38. The summed E-state index contributed by atoms with van der Waals surface area (Å²) in [5.41, 5.74) is 0.436. The number of ether oxygens (including phenoxy) is 2. The highest BCUT2D eigenvalue weighted by molar-refractivity contribution is 6.28. The maximum Gasteiger partial charge on any atom is 0.410 e. The van der Waals surface area contributed by atoms with Gasteiger partial charge in [0.2, 0.25) is 11.2 Å². The lowest BCUT2D eigenvalue weighted by molar-refractivity contribution is -0.0111. The molecule has 2 aromatic heterocycles. The molecular formula is C16H21ClFN5O3. The fraction of sp³-hybridized carbons (Fsp3) is 0.625. The van der Waals surface area contributed by atoms with Crippen LogP contribution in [-0.4, -0.2) is 62.1 Å². The third-order valence-electron chi connectivity index (χ3n) is 3.94. The van der Waals surface area contributed by atoms with Crippen molar-refractivity contribution in [2.45, 2.75) is 52.0 Å². The molecule has 2 atom stereocenters. The van der Waals surface area contributed by atoms with Crippen LogP contribution in [-0.2, 0) is 4.74 Å². The number of carbonyl (C=O) groups excluding carboxylic acids is 1. The van der Waals surface area contributed by atoms with Gasteiger partial charge in [0.25, 0.3) is 0 Å². The van der Waals surface area contributed by atoms with Crippen molar-refractivity contribution in [2.75, 3.05) is 13.1 Å². The molecule has 0 radical (unpaired) electrons. The monoisotopic (exact) mass is 385 g/mol. The lowest BCUT2D eigenvalue weighted by atomic mass is 10.1. The van der Waals surface area contributed by atoms with Crippen molar-refractivity contribution in [1.29, 1.82) is 0 Å². The molecule has 1 N–H and O–H groups in total. The van der Waals surface area contributed by atoms with Crippen LogP contribution >= 0.6 is 11.6 Å². The number of aromatic nitrogens is 4. The number of carbonyl (C=O) groups is 1. The summed E-state index contributed by atoms with van der Waals surface area (Å²) >= 11 is 5.90. The third-order valence-corrected chi connectivity index (χ3v) is 4.11. The standard InChI is InChI=1S/C16H21ClFN5O3/c1-8-11-12(22-21-8)19-14(17)20-13(11)25-10-5-6-23(7-9(10)18)15(24)26-16(2,3)4/h9-10H,5-7H2,1-4H3,(H,19,20,21,22)/t9-,10?/m1/s1. The van der Waals surface area contributed by atoms with Crippen LogP contribution in [0, 0.1) is 6.92 Å². The lowest BCUT2D eigenvalue weighted by Crippen LogP contribution is -2.50. The van der Waals surface area contributed by atoms with E-state index in [4.69, 9.17) is 21.1 Å². The van der Waals surface area contributed by atoms with Gasteiger partial charge in [-0.1, -0.05) is 0 Å². The molecule has 1 unspecified atom stereocenters. The number of halogens is 2. The van der Waals surface area contributed by atoms with Crippen molar-refractivity contribution >= 4 is 28.7 Å². The Labute approximate surface area is 155 Å². The van der Waals surface area contributed by atoms with E-state index in [1.807, 2.05) is 0 Å². The Hall–Kier alpha value is -2.16. The van der Waals surface area contributed by atoms with Crippen molar-refractivity contribution in [1.82, 2.24) is 25.1 Å². The van der Waals surface area contributed by atoms with E-state index in [0.29, 0.717) is 29.7 Å². The highest BCUT2D eigenvalue weighted by atomic mass is 35.5. The number of fused-ring (bicyclic) bond motifs is 1. The Morgan fingerprint density at radius 1 is 1.38 bits per heavy atom. The predicted octanol–water partition coefficient (Wildman–Crippen LogP) is 3.04. The number of aryl methyl sites for hydroxylation is 1. The number of amides is 1. The second kappa shape index (κ2) is 6.86. The predicted molar refractivity (Wildman–Crippen MR) is 93.2 cm³/mol. The highest BCUT2D eigenvalue weighted by Crippen LogP contribution is 2.29. The number of piperidine rings is 1. The van der Waals surface area contributed by atoms with Crippen LogP contribution in [0.3, 0.4) is 0 Å². The molecule has 1 amide bonds. The molecule has 0 saturated carbocycles. The number of aromatic amines is 1. The van der Waals surface area contributed by atoms with Gasteiger partial charge in [0, 0.05) is 13.0 Å². The van der Waals surface area contributed by atoms with Crippen molar-refractivity contribution in [3.05, 3.63) is 11.0 Å². The molecule has 1 aliphatic rings. The van der Waals surface area contributed by atoms with Crippen LogP contribution in [0.2, 0.25) is 5.28 Å². The number of nitrogens with one attached hydrogen (secondary N) is 1. The zero-order valence-electron chi connectivity index (χ0n) is 15.0. The van der Waals surface area contributed by atoms with Gasteiger partial charge in [0.1, 0.15) is 17.1 Å². The maximum atomic E-state index is 14.6. The average Bonchev–Trinajstić information content (AvgIpc) is 2.88. The van der Waals surface area contributed by atoms with Gasteiger partial charge in [-0.05, 0) is 39.3 Å². The van der Waals surface area contributed by atoms with Gasteiger partial charge in [0.05, 0.1) is 12.2 Å². The van der Waals surface area contributed by atoms with Gasteiger partial charge >= 0.3 is 6.09 Å². The molecule has 0 bridgehead atoms. The lowest BCUT2D eigenvalue weighted by Gasteiger charge is -2.35. The molecular weight excluding hydrogens is 365 g/mol. The van der Waals surface area contributed by atoms with Crippen LogP contribution < -0.4 is 4.74 Å². The second-order valence-corrected chi connectivity index (χ2v) is 7.56. The largest absolute Gasteiger partial charge is 0.470 e. The normalized spacial score (nSPS) is 21.1. The topological polar surface area (TPSA) is 93.2 Å². The molecule has 2 aromatic rings. The molecule has 0 aromatic carbocycles. The number of hydrogen-bond acceptors (Lipinski definition) is 6. The van der Waals surface area contributed by atoms with E-state index in [2.05, 4.69) is 20.2 Å². The Balaban J connectivity index is 1.72. The fourth-order valence-corrected chi connectivity index (χ4v) is 2.91. The van der Waals surface area contributed by atoms with E-state index in [9.17, 15) is 9.18 Å². The van der Waals surface area contributed by atoms with E-state index in [1.54, 1.807) is 27.7 Å². The van der Waals surface area contributed by atoms with Crippen molar-refractivity contribution in [3.63, 3.8) is 0 Å². The van der Waals surface area contributed by atoms with Gasteiger partial charge in [-0.15, -0.1) is 0 Å². The second-order valence-electron chi connectivity index (χ2n) is 7.22. The first kappa shape index (κ1) is 18.6. The van der Waals surface area contributed by atoms with Crippen LogP contribution in [0.25, 0.3) is 11.0 Å². The number of rotatable bonds is 2. The Morgan fingerprint density at radius 2 is 2.12 bits per heavy atom. The summed E-state index contributed by atoms with van der Waals surface area (Å²) in [6.45, 7) is 7.29. The van der Waals surface area contributed by atoms with E-state index in [-0.39, 0.29) is 17.7 Å². The number of nitrogens with zero attached hydrogens (tertiary/aromatic N) is 4. The van der Waals surface area contributed by atoms with Crippen LogP contribution in [0.5, 0.6) is 5.88 Å². The average molecular weight is 386 g/mol. The van der Waals surface area contributed by atoms with Crippen molar-refractivity contribution < 1.29 is 18.7 Å². The summed E-state index contributed by atoms with van der Waals surface area (Å²) in [5, 5.41) is 7.33. The maximum absolute atomic E-state index is 14.6. The van der Waals surface area contributed by atoms with E-state index < -0.39 is 24.0 Å². The summed E-state index contributed by atoms with van der Waals surface area (Å²) in [6.07, 6.45) is -2.36. The number of alkyl halides is 1. The van der Waals surface area contributed by atoms with E-state index >= 15 is 0 Å². The van der Waals surface area contributed by atoms with E-state index in [1.165, 1.54) is 4.90 Å². The Bertz CT molecular complexity index is 822. The summed E-state index contributed by atoms with van der Waals surface area (Å²) in [4.78, 5) is 21.5. The van der Waals surface area contributed by atoms with Crippen LogP contribution in [0.4, 0.5) is 9.18 Å². The molecule has 0 spiro atoms. The first-order chi connectivity index (χ1) is 12.1. The molecule has 3 heterocycles. The highest BCUT2D eigenvalue weighted by Gasteiger charge is 2.35. The fourth-order valence-electron chi connectivity index (χ4n) is 2.75. The van der Waals surface area contributed by atoms with Crippen molar-refractivity contribution in [2.24, 2.45) is 0 Å². The summed E-state index contributed by atoms with van der Waals surface area (Å²) in [6, 6.07) is 0. The Kier molecular flexibility index (Phi) is 4.92. The minimum Gasteiger partial charge on any atom is -0.470 e. The van der Waals surface area contributed by atoms with E-state index in [0.717, 1.165) is 0 Å². The molecule has 1 fully saturated rings. The summed E-state index contributed by atoms with van der Waals surface area (Å²) in [5.74, 6) is 0.185. The van der Waals surface area contributed by atoms with Crippen LogP contribution in [0.1, 0.15) is 32.9 Å². The third kappa shape index (κ3) is 3.98. The quantitative estimate of drug-likeness (QED) is 0.798. The van der Waals surface area contributed by atoms with Gasteiger partial charge in [-0.2, -0.15) is 15.1 Å². The first-order valence-electron chi connectivity index (χ1n) is 8.31. The molecule has 1 aliphatic heterocycles. The molecule has 1 saturated heterocycles. The molecule has 3 rings (SSSR count). The molecule has 26 heavy (non-hydrogen) atoms. The number of likely N-dealkylation sites (tertiary alicyclic amines) is 1. The molecule has 10 heteroatoms. The van der Waals surface area contributed by atoms with Gasteiger partial charge in [0.15, 0.2) is 11.8 Å². The van der Waals surface area contributed by atoms with Crippen LogP contribution in [0.15, 0.2) is 0 Å². The Morgan fingerprint density at radius 3 is 2.77 bits per heavy atom. The first-order valence-corrected chi connectivity index (χ1v) is 8.68. The summed E-state index contributed by atoms with van der Waals surface area (Å²) < 4.78 is 25.7. The number of hydrogen-bond donors (Lipinski definition) is 1. The zero-order chi connectivity index (χ0) is 19.1. The molecule has 142 valence electrons.